The molecule has 0 aliphatic rings. The molecular weight excluding hydrogens is 304 g/mol. The summed E-state index contributed by atoms with van der Waals surface area (Å²) in [6.45, 7) is 1.60. The van der Waals surface area contributed by atoms with Crippen LogP contribution < -0.4 is 5.56 Å². The minimum absolute atomic E-state index is 0.0936. The highest BCUT2D eigenvalue weighted by molar-refractivity contribution is 5.37. The van der Waals surface area contributed by atoms with E-state index in [9.17, 15) is 14.9 Å². The topological polar surface area (TPSA) is 65.1 Å². The average Bonchev–Trinajstić information content (AvgIpc) is 2.60. The van der Waals surface area contributed by atoms with Crippen LogP contribution in [-0.4, -0.2) is 9.49 Å². The monoisotopic (exact) mass is 320 g/mol. The molecule has 0 saturated carbocycles. The second-order valence-corrected chi connectivity index (χ2v) is 5.57. The van der Waals surface area contributed by atoms with Gasteiger partial charge in [0.15, 0.2) is 0 Å². The zero-order chi connectivity index (χ0) is 17.1. The van der Waals surface area contributed by atoms with Crippen molar-refractivity contribution in [3.63, 3.8) is 0 Å². The molecule has 0 N–H and O–H groups in total. The molecule has 2 aromatic carbocycles. The van der Waals surface area contributed by atoms with E-state index in [1.165, 1.54) is 16.8 Å². The first-order chi connectivity index (χ1) is 11.6. The third-order valence-electron chi connectivity index (χ3n) is 3.93. The summed E-state index contributed by atoms with van der Waals surface area (Å²) in [4.78, 5) is 23.4. The number of nitro groups is 1. The van der Waals surface area contributed by atoms with Crippen molar-refractivity contribution in [2.45, 2.75) is 13.0 Å². The van der Waals surface area contributed by atoms with Gasteiger partial charge in [0.25, 0.3) is 11.2 Å². The van der Waals surface area contributed by atoms with Gasteiger partial charge >= 0.3 is 0 Å². The Morgan fingerprint density at radius 2 is 1.46 bits per heavy atom. The summed E-state index contributed by atoms with van der Waals surface area (Å²) < 4.78 is 1.44. The SMILES string of the molecule is Cc1cc([N+](=O)[O-])cn(C(c2ccccc2)c2ccccc2)c1=O. The van der Waals surface area contributed by atoms with E-state index in [4.69, 9.17) is 0 Å². The standard InChI is InChI=1S/C19H16N2O3/c1-14-12-17(21(23)24)13-20(19(14)22)18(15-8-4-2-5-9-15)16-10-6-3-7-11-16/h2-13,18H,1H3. The molecule has 0 radical (unpaired) electrons. The third kappa shape index (κ3) is 2.96. The van der Waals surface area contributed by atoms with Crippen molar-refractivity contribution in [2.24, 2.45) is 0 Å². The lowest BCUT2D eigenvalue weighted by molar-refractivity contribution is -0.385. The number of benzene rings is 2. The highest BCUT2D eigenvalue weighted by Crippen LogP contribution is 2.26. The van der Waals surface area contributed by atoms with Gasteiger partial charge in [0.1, 0.15) is 0 Å². The Hall–Kier alpha value is -3.21. The number of nitrogens with zero attached hydrogens (tertiary/aromatic N) is 2. The Bertz CT molecular complexity index is 879. The van der Waals surface area contributed by atoms with E-state index >= 15 is 0 Å². The quantitative estimate of drug-likeness (QED) is 0.544. The van der Waals surface area contributed by atoms with Crippen molar-refractivity contribution in [3.05, 3.63) is 110 Å². The fourth-order valence-electron chi connectivity index (χ4n) is 2.80. The minimum Gasteiger partial charge on any atom is -0.297 e. The first kappa shape index (κ1) is 15.7. The highest BCUT2D eigenvalue weighted by Gasteiger charge is 2.21. The van der Waals surface area contributed by atoms with Crippen molar-refractivity contribution in [1.29, 1.82) is 0 Å². The zero-order valence-electron chi connectivity index (χ0n) is 13.1. The van der Waals surface area contributed by atoms with Gasteiger partial charge < -0.3 is 0 Å². The van der Waals surface area contributed by atoms with E-state index in [-0.39, 0.29) is 11.2 Å². The summed E-state index contributed by atoms with van der Waals surface area (Å²) in [5.74, 6) is 0. The van der Waals surface area contributed by atoms with Gasteiger partial charge in [0.05, 0.1) is 17.2 Å². The molecule has 0 amide bonds. The lowest BCUT2D eigenvalue weighted by Gasteiger charge is -2.21. The maximum atomic E-state index is 12.7. The van der Waals surface area contributed by atoms with E-state index in [1.54, 1.807) is 6.92 Å². The molecule has 5 nitrogen and oxygen atoms in total. The van der Waals surface area contributed by atoms with Crippen LogP contribution in [0.2, 0.25) is 0 Å². The maximum absolute atomic E-state index is 12.7. The molecule has 0 aliphatic carbocycles. The normalized spacial score (nSPS) is 10.8. The van der Waals surface area contributed by atoms with Crippen LogP contribution in [0.5, 0.6) is 0 Å². The largest absolute Gasteiger partial charge is 0.297 e. The van der Waals surface area contributed by atoms with Crippen LogP contribution in [0, 0.1) is 17.0 Å². The Balaban J connectivity index is 2.28. The van der Waals surface area contributed by atoms with Gasteiger partial charge in [-0.25, -0.2) is 0 Å². The number of rotatable bonds is 4. The van der Waals surface area contributed by atoms with Crippen LogP contribution in [0.4, 0.5) is 5.69 Å². The highest BCUT2D eigenvalue weighted by atomic mass is 16.6. The summed E-state index contributed by atoms with van der Waals surface area (Å²) in [5.41, 5.74) is 1.81. The summed E-state index contributed by atoms with van der Waals surface area (Å²) in [6.07, 6.45) is 1.32. The molecule has 3 rings (SSSR count). The lowest BCUT2D eigenvalue weighted by atomic mass is 9.98. The summed E-state index contributed by atoms with van der Waals surface area (Å²) in [5, 5.41) is 11.2. The van der Waals surface area contributed by atoms with Crippen molar-refractivity contribution >= 4 is 5.69 Å². The summed E-state index contributed by atoms with van der Waals surface area (Å²) >= 11 is 0. The molecule has 0 fully saturated rings. The van der Waals surface area contributed by atoms with Gasteiger partial charge in [-0.3, -0.25) is 19.5 Å². The molecule has 0 aliphatic heterocycles. The van der Waals surface area contributed by atoms with Gasteiger partial charge in [-0.05, 0) is 18.1 Å². The fraction of sp³-hybridized carbons (Fsp3) is 0.105. The van der Waals surface area contributed by atoms with E-state index in [0.717, 1.165) is 11.1 Å². The average molecular weight is 320 g/mol. The number of hydrogen-bond acceptors (Lipinski definition) is 3. The molecule has 0 unspecified atom stereocenters. The van der Waals surface area contributed by atoms with E-state index < -0.39 is 11.0 Å². The number of hydrogen-bond donors (Lipinski definition) is 0. The van der Waals surface area contributed by atoms with Gasteiger partial charge in [-0.2, -0.15) is 0 Å². The molecule has 0 bridgehead atoms. The lowest BCUT2D eigenvalue weighted by Crippen LogP contribution is -2.27. The van der Waals surface area contributed by atoms with Crippen molar-refractivity contribution in [1.82, 2.24) is 4.57 Å². The molecule has 1 heterocycles. The molecular formula is C19H16N2O3. The van der Waals surface area contributed by atoms with Crippen LogP contribution in [0.1, 0.15) is 22.7 Å². The number of aromatic nitrogens is 1. The number of aryl methyl sites for hydroxylation is 1. The molecule has 0 atom stereocenters. The second-order valence-electron chi connectivity index (χ2n) is 5.57. The zero-order valence-corrected chi connectivity index (χ0v) is 13.1. The second kappa shape index (κ2) is 6.50. The van der Waals surface area contributed by atoms with Crippen LogP contribution in [0.15, 0.2) is 77.7 Å². The molecule has 1 aromatic heterocycles. The van der Waals surface area contributed by atoms with Crippen LogP contribution >= 0.6 is 0 Å². The van der Waals surface area contributed by atoms with Crippen molar-refractivity contribution in [2.75, 3.05) is 0 Å². The van der Waals surface area contributed by atoms with Crippen LogP contribution in [0.3, 0.4) is 0 Å². The van der Waals surface area contributed by atoms with Crippen molar-refractivity contribution < 1.29 is 4.92 Å². The number of pyridine rings is 1. The smallest absolute Gasteiger partial charge is 0.286 e. The van der Waals surface area contributed by atoms with E-state index in [1.807, 2.05) is 60.7 Å². The van der Waals surface area contributed by atoms with Gasteiger partial charge in [-0.15, -0.1) is 0 Å². The van der Waals surface area contributed by atoms with E-state index in [0.29, 0.717) is 5.56 Å². The molecule has 0 spiro atoms. The third-order valence-corrected chi connectivity index (χ3v) is 3.93. The molecule has 120 valence electrons. The van der Waals surface area contributed by atoms with E-state index in [2.05, 4.69) is 0 Å². The summed E-state index contributed by atoms with van der Waals surface area (Å²) in [6, 6.07) is 19.9. The maximum Gasteiger partial charge on any atom is 0.286 e. The first-order valence-corrected chi connectivity index (χ1v) is 7.55. The predicted octanol–water partition coefficient (Wildman–Crippen LogP) is 3.70. The Kier molecular flexibility index (Phi) is 4.24. The molecule has 24 heavy (non-hydrogen) atoms. The Morgan fingerprint density at radius 1 is 0.958 bits per heavy atom. The van der Waals surface area contributed by atoms with Crippen LogP contribution in [0.25, 0.3) is 0 Å². The predicted molar refractivity (Wildman–Crippen MR) is 92.2 cm³/mol. The Morgan fingerprint density at radius 3 is 1.92 bits per heavy atom. The van der Waals surface area contributed by atoms with Crippen molar-refractivity contribution in [3.8, 4) is 0 Å². The van der Waals surface area contributed by atoms with Gasteiger partial charge in [-0.1, -0.05) is 60.7 Å². The Labute approximate surface area is 139 Å². The fourth-order valence-corrected chi connectivity index (χ4v) is 2.80. The summed E-state index contributed by atoms with van der Waals surface area (Å²) in [7, 11) is 0. The molecule has 5 heteroatoms. The first-order valence-electron chi connectivity index (χ1n) is 7.55. The molecule has 3 aromatic rings. The van der Waals surface area contributed by atoms with Gasteiger partial charge in [0, 0.05) is 11.6 Å². The van der Waals surface area contributed by atoms with Crippen LogP contribution in [-0.2, 0) is 0 Å². The molecule has 0 saturated heterocycles. The van der Waals surface area contributed by atoms with Gasteiger partial charge in [0.2, 0.25) is 0 Å². The minimum atomic E-state index is -0.476.